The van der Waals surface area contributed by atoms with Crippen LogP contribution in [-0.2, 0) is 11.3 Å². The third kappa shape index (κ3) is 3.07. The first-order valence-corrected chi connectivity index (χ1v) is 7.27. The van der Waals surface area contributed by atoms with Crippen molar-refractivity contribution in [1.82, 2.24) is 4.90 Å². The molecule has 3 rings (SSSR count). The van der Waals surface area contributed by atoms with Crippen LogP contribution < -0.4 is 0 Å². The smallest absolute Gasteiger partial charge is 0.179 e. The zero-order valence-electron chi connectivity index (χ0n) is 11.9. The third-order valence-corrected chi connectivity index (χ3v) is 3.80. The Morgan fingerprint density at radius 2 is 1.81 bits per heavy atom. The molecule has 0 N–H and O–H groups in total. The van der Waals surface area contributed by atoms with E-state index in [0.29, 0.717) is 13.2 Å². The summed E-state index contributed by atoms with van der Waals surface area (Å²) in [5, 5.41) is 9.24. The molecule has 1 unspecified atom stereocenters. The molecule has 0 spiro atoms. The van der Waals surface area contributed by atoms with Gasteiger partial charge in [0.05, 0.1) is 6.54 Å². The van der Waals surface area contributed by atoms with Crippen molar-refractivity contribution in [3.8, 4) is 6.19 Å². The molecule has 1 aliphatic rings. The molecule has 2 aromatic carbocycles. The number of nitriles is 1. The molecule has 0 fully saturated rings. The highest BCUT2D eigenvalue weighted by Gasteiger charge is 2.20. The normalized spacial score (nSPS) is 18.8. The van der Waals surface area contributed by atoms with Crippen LogP contribution in [0.15, 0.2) is 54.6 Å². The monoisotopic (exact) mass is 278 g/mol. The Morgan fingerprint density at radius 3 is 2.62 bits per heavy atom. The summed E-state index contributed by atoms with van der Waals surface area (Å²) in [6.07, 6.45) is 3.08. The van der Waals surface area contributed by atoms with Crippen molar-refractivity contribution in [3.05, 3.63) is 71.3 Å². The summed E-state index contributed by atoms with van der Waals surface area (Å²) < 4.78 is 6.13. The molecule has 0 amide bonds. The number of rotatable bonds is 1. The summed E-state index contributed by atoms with van der Waals surface area (Å²) in [7, 11) is 0. The molecule has 0 saturated heterocycles. The Kier molecular flexibility index (Phi) is 4.18. The molecule has 3 nitrogen and oxygen atoms in total. The summed E-state index contributed by atoms with van der Waals surface area (Å²) in [4.78, 5) is 1.80. The van der Waals surface area contributed by atoms with E-state index in [0.717, 1.165) is 29.7 Å². The summed E-state index contributed by atoms with van der Waals surface area (Å²) in [5.41, 5.74) is 3.48. The van der Waals surface area contributed by atoms with Crippen molar-refractivity contribution in [3.63, 3.8) is 0 Å². The maximum Gasteiger partial charge on any atom is 0.179 e. The Morgan fingerprint density at radius 1 is 1.05 bits per heavy atom. The highest BCUT2D eigenvalue weighted by molar-refractivity contribution is 5.36. The van der Waals surface area contributed by atoms with Crippen LogP contribution in [0.2, 0.25) is 0 Å². The average molecular weight is 278 g/mol. The van der Waals surface area contributed by atoms with Crippen molar-refractivity contribution in [2.24, 2.45) is 0 Å². The van der Waals surface area contributed by atoms with Crippen LogP contribution in [0.3, 0.4) is 0 Å². The van der Waals surface area contributed by atoms with Gasteiger partial charge in [-0.3, -0.25) is 0 Å². The van der Waals surface area contributed by atoms with Crippen LogP contribution in [0, 0.1) is 11.5 Å². The number of nitrogens with zero attached hydrogens (tertiary/aromatic N) is 2. The van der Waals surface area contributed by atoms with E-state index < -0.39 is 0 Å². The minimum Gasteiger partial charge on any atom is -0.369 e. The maximum atomic E-state index is 9.24. The molecule has 21 heavy (non-hydrogen) atoms. The first kappa shape index (κ1) is 13.7. The molecule has 0 saturated carbocycles. The van der Waals surface area contributed by atoms with Crippen molar-refractivity contribution in [2.45, 2.75) is 19.1 Å². The van der Waals surface area contributed by atoms with Crippen LogP contribution >= 0.6 is 0 Å². The fraction of sp³-hybridized carbons (Fsp3) is 0.278. The van der Waals surface area contributed by atoms with Gasteiger partial charge >= 0.3 is 0 Å². The molecule has 2 aromatic rings. The van der Waals surface area contributed by atoms with Crippen LogP contribution in [0.5, 0.6) is 0 Å². The molecule has 0 bridgehead atoms. The molecule has 1 atom stereocenters. The highest BCUT2D eigenvalue weighted by Crippen LogP contribution is 2.30. The zero-order chi connectivity index (χ0) is 14.5. The molecular weight excluding hydrogens is 260 g/mol. The van der Waals surface area contributed by atoms with E-state index in [1.807, 2.05) is 30.3 Å². The summed E-state index contributed by atoms with van der Waals surface area (Å²) in [6.45, 7) is 2.05. The van der Waals surface area contributed by atoms with Crippen LogP contribution in [0.1, 0.15) is 29.2 Å². The molecule has 0 radical (unpaired) electrons. The molecule has 1 heterocycles. The standard InChI is InChI=1S/C18H18N2O/c19-14-20-11-6-12-21-18(15-7-2-1-3-8-15)17-10-5-4-9-16(17)13-20/h1-5,7-10,18H,6,11-13H2. The highest BCUT2D eigenvalue weighted by atomic mass is 16.5. The molecule has 0 aliphatic carbocycles. The van der Waals surface area contributed by atoms with Gasteiger partial charge in [-0.2, -0.15) is 5.26 Å². The lowest BCUT2D eigenvalue weighted by atomic mass is 9.96. The Hall–Kier alpha value is -2.31. The fourth-order valence-corrected chi connectivity index (χ4v) is 2.75. The lowest BCUT2D eigenvalue weighted by molar-refractivity contribution is 0.0773. The Bertz CT molecular complexity index is 633. The van der Waals surface area contributed by atoms with Gasteiger partial charge in [0.25, 0.3) is 0 Å². The van der Waals surface area contributed by atoms with Gasteiger partial charge in [0.2, 0.25) is 0 Å². The Labute approximate surface area is 125 Å². The number of ether oxygens (including phenoxy) is 1. The molecule has 106 valence electrons. The third-order valence-electron chi connectivity index (χ3n) is 3.80. The van der Waals surface area contributed by atoms with Gasteiger partial charge < -0.3 is 9.64 Å². The molecule has 1 aliphatic heterocycles. The molecule has 3 heteroatoms. The number of benzene rings is 2. The van der Waals surface area contributed by atoms with Gasteiger partial charge in [-0.15, -0.1) is 0 Å². The van der Waals surface area contributed by atoms with Gasteiger partial charge in [0.15, 0.2) is 6.19 Å². The summed E-state index contributed by atoms with van der Waals surface area (Å²) in [5.74, 6) is 0. The van der Waals surface area contributed by atoms with Crippen molar-refractivity contribution >= 4 is 0 Å². The number of hydrogen-bond donors (Lipinski definition) is 0. The largest absolute Gasteiger partial charge is 0.369 e. The first-order valence-electron chi connectivity index (χ1n) is 7.27. The minimum atomic E-state index is -0.0546. The second-order valence-electron chi connectivity index (χ2n) is 5.24. The first-order chi connectivity index (χ1) is 10.4. The lowest BCUT2D eigenvalue weighted by Crippen LogP contribution is -2.19. The Balaban J connectivity index is 2.02. The van der Waals surface area contributed by atoms with Gasteiger partial charge in [-0.05, 0) is 23.1 Å². The maximum absolute atomic E-state index is 9.24. The van der Waals surface area contributed by atoms with E-state index in [1.165, 1.54) is 0 Å². The van der Waals surface area contributed by atoms with E-state index >= 15 is 0 Å². The molecular formula is C18H18N2O. The summed E-state index contributed by atoms with van der Waals surface area (Å²) >= 11 is 0. The van der Waals surface area contributed by atoms with E-state index in [-0.39, 0.29) is 6.10 Å². The van der Waals surface area contributed by atoms with E-state index in [2.05, 4.69) is 30.5 Å². The van der Waals surface area contributed by atoms with Crippen LogP contribution in [0.4, 0.5) is 0 Å². The van der Waals surface area contributed by atoms with Crippen molar-refractivity contribution in [1.29, 1.82) is 5.26 Å². The van der Waals surface area contributed by atoms with Gasteiger partial charge in [-0.25, -0.2) is 0 Å². The second-order valence-corrected chi connectivity index (χ2v) is 5.24. The predicted octanol–water partition coefficient (Wildman–Crippen LogP) is 3.48. The van der Waals surface area contributed by atoms with Gasteiger partial charge in [0.1, 0.15) is 6.10 Å². The number of fused-ring (bicyclic) bond motifs is 1. The predicted molar refractivity (Wildman–Crippen MR) is 81.3 cm³/mol. The van der Waals surface area contributed by atoms with Crippen molar-refractivity contribution in [2.75, 3.05) is 13.2 Å². The quantitative estimate of drug-likeness (QED) is 0.749. The average Bonchev–Trinajstić information content (AvgIpc) is 2.64. The molecule has 0 aromatic heterocycles. The van der Waals surface area contributed by atoms with E-state index in [4.69, 9.17) is 4.74 Å². The lowest BCUT2D eigenvalue weighted by Gasteiger charge is -2.21. The van der Waals surface area contributed by atoms with Crippen LogP contribution in [-0.4, -0.2) is 18.1 Å². The summed E-state index contributed by atoms with van der Waals surface area (Å²) in [6, 6.07) is 18.5. The number of hydrogen-bond acceptors (Lipinski definition) is 3. The fourth-order valence-electron chi connectivity index (χ4n) is 2.75. The zero-order valence-corrected chi connectivity index (χ0v) is 11.9. The van der Waals surface area contributed by atoms with Gasteiger partial charge in [-0.1, -0.05) is 54.6 Å². The van der Waals surface area contributed by atoms with Crippen molar-refractivity contribution < 1.29 is 4.74 Å². The minimum absolute atomic E-state index is 0.0546. The SMILES string of the molecule is N#CN1CCCOC(c2ccccc2)c2ccccc2C1. The topological polar surface area (TPSA) is 36.3 Å². The van der Waals surface area contributed by atoms with E-state index in [1.54, 1.807) is 4.90 Å². The van der Waals surface area contributed by atoms with Crippen LogP contribution in [0.25, 0.3) is 0 Å². The second kappa shape index (κ2) is 6.43. The van der Waals surface area contributed by atoms with E-state index in [9.17, 15) is 5.26 Å². The van der Waals surface area contributed by atoms with Gasteiger partial charge in [0, 0.05) is 13.2 Å².